The molecule has 7 heteroatoms. The number of fused-ring (bicyclic) bond motifs is 1. The summed E-state index contributed by atoms with van der Waals surface area (Å²) in [6.45, 7) is 5.21. The average molecular weight is 424 g/mol. The van der Waals surface area contributed by atoms with E-state index in [4.69, 9.17) is 0 Å². The predicted octanol–water partition coefficient (Wildman–Crippen LogP) is 3.54. The molecular formula is C23H25N3O3S. The Morgan fingerprint density at radius 1 is 1.10 bits per heavy atom. The van der Waals surface area contributed by atoms with Crippen LogP contribution in [0.5, 0.6) is 0 Å². The number of rotatable bonds is 4. The maximum absolute atomic E-state index is 13.3. The van der Waals surface area contributed by atoms with Gasteiger partial charge in [-0.3, -0.25) is 9.48 Å². The van der Waals surface area contributed by atoms with Crippen LogP contribution in [0.15, 0.2) is 53.4 Å². The number of anilines is 1. The Balaban J connectivity index is 1.62. The SMILES string of the molecule is Cc1cc(C)n(Cc2cccc(C(=O)N3CCCc4cc(S(C)(=O)=O)ccc43)c2)n1. The van der Waals surface area contributed by atoms with E-state index in [-0.39, 0.29) is 5.91 Å². The van der Waals surface area contributed by atoms with Gasteiger partial charge >= 0.3 is 0 Å². The van der Waals surface area contributed by atoms with Gasteiger partial charge in [0.05, 0.1) is 17.1 Å². The first-order valence-corrected chi connectivity index (χ1v) is 11.9. The molecule has 30 heavy (non-hydrogen) atoms. The van der Waals surface area contributed by atoms with E-state index in [0.717, 1.165) is 41.0 Å². The maximum atomic E-state index is 13.3. The summed E-state index contributed by atoms with van der Waals surface area (Å²) in [6.07, 6.45) is 2.77. The van der Waals surface area contributed by atoms with E-state index in [9.17, 15) is 13.2 Å². The van der Waals surface area contributed by atoms with Gasteiger partial charge in [-0.25, -0.2) is 8.42 Å². The van der Waals surface area contributed by atoms with Gasteiger partial charge in [-0.1, -0.05) is 12.1 Å². The Hall–Kier alpha value is -2.93. The van der Waals surface area contributed by atoms with Gasteiger partial charge in [0.1, 0.15) is 0 Å². The summed E-state index contributed by atoms with van der Waals surface area (Å²) < 4.78 is 25.7. The highest BCUT2D eigenvalue weighted by molar-refractivity contribution is 7.90. The molecule has 1 aliphatic heterocycles. The summed E-state index contributed by atoms with van der Waals surface area (Å²) in [6, 6.07) is 14.7. The van der Waals surface area contributed by atoms with Crippen LogP contribution in [0.2, 0.25) is 0 Å². The van der Waals surface area contributed by atoms with Crippen LogP contribution in [0.1, 0.15) is 39.3 Å². The van der Waals surface area contributed by atoms with Crippen LogP contribution in [-0.4, -0.2) is 36.9 Å². The van der Waals surface area contributed by atoms with Gasteiger partial charge in [0.2, 0.25) is 0 Å². The van der Waals surface area contributed by atoms with Crippen LogP contribution < -0.4 is 4.90 Å². The molecule has 0 radical (unpaired) electrons. The molecule has 156 valence electrons. The summed E-state index contributed by atoms with van der Waals surface area (Å²) in [5.41, 5.74) is 5.37. The molecular weight excluding hydrogens is 398 g/mol. The second-order valence-electron chi connectivity index (χ2n) is 7.91. The number of amides is 1. The lowest BCUT2D eigenvalue weighted by Crippen LogP contribution is -2.35. The van der Waals surface area contributed by atoms with Crippen molar-refractivity contribution in [3.8, 4) is 0 Å². The molecule has 3 aromatic rings. The second-order valence-corrected chi connectivity index (χ2v) is 9.92. The first-order valence-electron chi connectivity index (χ1n) is 9.97. The second kappa shape index (κ2) is 7.72. The van der Waals surface area contributed by atoms with Crippen LogP contribution in [0.4, 0.5) is 5.69 Å². The van der Waals surface area contributed by atoms with Gasteiger partial charge in [0, 0.05) is 29.7 Å². The van der Waals surface area contributed by atoms with Gasteiger partial charge < -0.3 is 4.90 Å². The summed E-state index contributed by atoms with van der Waals surface area (Å²) >= 11 is 0. The van der Waals surface area contributed by atoms with Gasteiger partial charge in [0.15, 0.2) is 9.84 Å². The fourth-order valence-corrected chi connectivity index (χ4v) is 4.65. The topological polar surface area (TPSA) is 72.3 Å². The maximum Gasteiger partial charge on any atom is 0.258 e. The molecule has 1 aliphatic rings. The van der Waals surface area contributed by atoms with Gasteiger partial charge in [-0.2, -0.15) is 5.10 Å². The first-order chi connectivity index (χ1) is 14.2. The number of carbonyl (C=O) groups excluding carboxylic acids is 1. The molecule has 0 spiro atoms. The number of benzene rings is 2. The van der Waals surface area contributed by atoms with Crippen molar-refractivity contribution in [2.24, 2.45) is 0 Å². The highest BCUT2D eigenvalue weighted by Gasteiger charge is 2.25. The lowest BCUT2D eigenvalue weighted by Gasteiger charge is -2.30. The van der Waals surface area contributed by atoms with Gasteiger partial charge in [0.25, 0.3) is 5.91 Å². The van der Waals surface area contributed by atoms with Crippen molar-refractivity contribution in [2.45, 2.75) is 38.1 Å². The number of carbonyl (C=O) groups is 1. The number of aryl methyl sites for hydroxylation is 3. The van der Waals surface area contributed by atoms with Crippen LogP contribution in [-0.2, 0) is 22.8 Å². The fraction of sp³-hybridized carbons (Fsp3) is 0.304. The zero-order chi connectivity index (χ0) is 21.5. The van der Waals surface area contributed by atoms with Crippen molar-refractivity contribution in [1.82, 2.24) is 9.78 Å². The molecule has 0 fully saturated rings. The summed E-state index contributed by atoms with van der Waals surface area (Å²) in [7, 11) is -3.28. The summed E-state index contributed by atoms with van der Waals surface area (Å²) in [5.74, 6) is -0.0710. The van der Waals surface area contributed by atoms with Crippen molar-refractivity contribution in [2.75, 3.05) is 17.7 Å². The van der Waals surface area contributed by atoms with Crippen molar-refractivity contribution in [1.29, 1.82) is 0 Å². The van der Waals surface area contributed by atoms with E-state index in [1.54, 1.807) is 23.1 Å². The number of sulfone groups is 1. The van der Waals surface area contributed by atoms with E-state index >= 15 is 0 Å². The van der Waals surface area contributed by atoms with Crippen molar-refractivity contribution in [3.63, 3.8) is 0 Å². The summed E-state index contributed by atoms with van der Waals surface area (Å²) in [4.78, 5) is 15.4. The third-order valence-corrected chi connectivity index (χ3v) is 6.56. The highest BCUT2D eigenvalue weighted by Crippen LogP contribution is 2.30. The quantitative estimate of drug-likeness (QED) is 0.643. The molecule has 6 nitrogen and oxygen atoms in total. The van der Waals surface area contributed by atoms with E-state index < -0.39 is 9.84 Å². The number of nitrogens with zero attached hydrogens (tertiary/aromatic N) is 3. The molecule has 0 saturated heterocycles. The van der Waals surface area contributed by atoms with Crippen LogP contribution in [0.25, 0.3) is 0 Å². The Morgan fingerprint density at radius 3 is 2.60 bits per heavy atom. The number of hydrogen-bond donors (Lipinski definition) is 0. The molecule has 1 aromatic heterocycles. The molecule has 0 unspecified atom stereocenters. The third-order valence-electron chi connectivity index (χ3n) is 5.45. The lowest BCUT2D eigenvalue weighted by atomic mass is 10.0. The van der Waals surface area contributed by atoms with Crippen LogP contribution in [0.3, 0.4) is 0 Å². The van der Waals surface area contributed by atoms with Crippen molar-refractivity contribution < 1.29 is 13.2 Å². The Bertz CT molecular complexity index is 1230. The molecule has 4 rings (SSSR count). The Morgan fingerprint density at radius 2 is 1.90 bits per heavy atom. The molecule has 2 heterocycles. The fourth-order valence-electron chi connectivity index (χ4n) is 3.98. The van der Waals surface area contributed by atoms with E-state index in [1.165, 1.54) is 6.26 Å². The zero-order valence-electron chi connectivity index (χ0n) is 17.4. The van der Waals surface area contributed by atoms with E-state index in [0.29, 0.717) is 23.5 Å². The zero-order valence-corrected chi connectivity index (χ0v) is 18.2. The molecule has 0 N–H and O–H groups in total. The highest BCUT2D eigenvalue weighted by atomic mass is 32.2. The van der Waals surface area contributed by atoms with Crippen molar-refractivity contribution >= 4 is 21.4 Å². The standard InChI is InChI=1S/C23H25N3O3S/c1-16-12-17(2)26(24-16)15-18-6-4-7-20(13-18)23(27)25-11-5-8-19-14-21(30(3,28)29)9-10-22(19)25/h4,6-7,9-10,12-14H,5,8,11,15H2,1-3H3. The smallest absolute Gasteiger partial charge is 0.258 e. The number of aromatic nitrogens is 2. The minimum atomic E-state index is -3.28. The lowest BCUT2D eigenvalue weighted by molar-refractivity contribution is 0.0985. The first kappa shape index (κ1) is 20.3. The van der Waals surface area contributed by atoms with Crippen LogP contribution in [0, 0.1) is 13.8 Å². The minimum absolute atomic E-state index is 0.0710. The molecule has 0 bridgehead atoms. The normalized spacial score (nSPS) is 13.9. The van der Waals surface area contributed by atoms with E-state index in [1.807, 2.05) is 48.9 Å². The number of hydrogen-bond acceptors (Lipinski definition) is 4. The predicted molar refractivity (Wildman–Crippen MR) is 117 cm³/mol. The molecule has 0 saturated carbocycles. The van der Waals surface area contributed by atoms with Crippen molar-refractivity contribution in [3.05, 3.63) is 76.6 Å². The van der Waals surface area contributed by atoms with E-state index in [2.05, 4.69) is 5.10 Å². The molecule has 1 amide bonds. The third kappa shape index (κ3) is 4.03. The minimum Gasteiger partial charge on any atom is -0.308 e. The average Bonchev–Trinajstić information content (AvgIpc) is 3.02. The van der Waals surface area contributed by atoms with Crippen LogP contribution >= 0.6 is 0 Å². The Labute approximate surface area is 177 Å². The van der Waals surface area contributed by atoms with Gasteiger partial charge in [-0.05, 0) is 74.2 Å². The largest absolute Gasteiger partial charge is 0.308 e. The molecule has 0 aliphatic carbocycles. The van der Waals surface area contributed by atoms with Gasteiger partial charge in [-0.15, -0.1) is 0 Å². The molecule has 2 aromatic carbocycles. The molecule has 0 atom stereocenters. The Kier molecular flexibility index (Phi) is 5.24. The monoisotopic (exact) mass is 423 g/mol. The summed E-state index contributed by atoms with van der Waals surface area (Å²) in [5, 5.41) is 4.50.